The van der Waals surface area contributed by atoms with Gasteiger partial charge in [-0.25, -0.2) is 4.98 Å². The summed E-state index contributed by atoms with van der Waals surface area (Å²) in [4.78, 5) is 15.4. The first-order valence-electron chi connectivity index (χ1n) is 10.5. The fourth-order valence-electron chi connectivity index (χ4n) is 4.09. The first-order chi connectivity index (χ1) is 14.2. The minimum absolute atomic E-state index is 0.443. The molecule has 1 aliphatic rings. The van der Waals surface area contributed by atoms with Crippen LogP contribution in [-0.4, -0.2) is 34.1 Å². The Morgan fingerprint density at radius 3 is 2.86 bits per heavy atom. The summed E-state index contributed by atoms with van der Waals surface area (Å²) >= 11 is 0. The van der Waals surface area contributed by atoms with E-state index in [-0.39, 0.29) is 0 Å². The molecule has 2 heterocycles. The first kappa shape index (κ1) is 20.8. The lowest BCUT2D eigenvalue weighted by Gasteiger charge is -2.27. The highest BCUT2D eigenvalue weighted by molar-refractivity contribution is 6.14. The highest BCUT2D eigenvalue weighted by atomic mass is 16.1. The number of hydrogen-bond donors (Lipinski definition) is 3. The van der Waals surface area contributed by atoms with Crippen LogP contribution in [0.2, 0.25) is 0 Å². The van der Waals surface area contributed by atoms with E-state index in [0.717, 1.165) is 53.8 Å². The number of nitrogens with one attached hydrogen (secondary N) is 3. The van der Waals surface area contributed by atoms with E-state index in [0.29, 0.717) is 24.7 Å². The number of fused-ring (bicyclic) bond motifs is 1. The van der Waals surface area contributed by atoms with Crippen molar-refractivity contribution < 1.29 is 4.79 Å². The van der Waals surface area contributed by atoms with Crippen LogP contribution in [0, 0.1) is 5.41 Å². The molecule has 154 valence electrons. The fourth-order valence-corrected chi connectivity index (χ4v) is 4.09. The van der Waals surface area contributed by atoms with Crippen molar-refractivity contribution in [1.29, 1.82) is 5.41 Å². The van der Waals surface area contributed by atoms with Gasteiger partial charge in [0.1, 0.15) is 5.65 Å². The summed E-state index contributed by atoms with van der Waals surface area (Å²) in [6, 6.07) is 4.34. The van der Waals surface area contributed by atoms with Gasteiger partial charge >= 0.3 is 0 Å². The van der Waals surface area contributed by atoms with E-state index in [4.69, 9.17) is 5.41 Å². The van der Waals surface area contributed by atoms with E-state index < -0.39 is 0 Å². The van der Waals surface area contributed by atoms with Gasteiger partial charge in [0.05, 0.1) is 11.4 Å². The number of aromatic nitrogens is 2. The predicted octanol–water partition coefficient (Wildman–Crippen LogP) is 4.07. The highest BCUT2D eigenvalue weighted by Crippen LogP contribution is 2.24. The Morgan fingerprint density at radius 1 is 1.38 bits per heavy atom. The normalized spacial score (nSPS) is 15.6. The van der Waals surface area contributed by atoms with E-state index in [1.807, 2.05) is 28.9 Å². The Kier molecular flexibility index (Phi) is 7.22. The van der Waals surface area contributed by atoms with Gasteiger partial charge < -0.3 is 15.0 Å². The van der Waals surface area contributed by atoms with Gasteiger partial charge in [0, 0.05) is 42.7 Å². The molecule has 0 saturated heterocycles. The molecule has 2 aromatic heterocycles. The van der Waals surface area contributed by atoms with Crippen LogP contribution in [0.15, 0.2) is 42.4 Å². The highest BCUT2D eigenvalue weighted by Gasteiger charge is 2.20. The summed E-state index contributed by atoms with van der Waals surface area (Å²) in [5.74, 6) is 0. The molecule has 0 aliphatic heterocycles. The van der Waals surface area contributed by atoms with Gasteiger partial charge in [-0.05, 0) is 43.0 Å². The minimum Gasteiger partial charge on any atom is -0.385 e. The van der Waals surface area contributed by atoms with E-state index in [2.05, 4.69) is 29.1 Å². The van der Waals surface area contributed by atoms with Crippen molar-refractivity contribution in [3.8, 4) is 0 Å². The topological polar surface area (TPSA) is 82.3 Å². The molecule has 6 nitrogen and oxygen atoms in total. The monoisotopic (exact) mass is 393 g/mol. The maximum Gasteiger partial charge on any atom is 0.207 e. The zero-order valence-corrected chi connectivity index (χ0v) is 17.2. The van der Waals surface area contributed by atoms with Crippen LogP contribution in [0.5, 0.6) is 0 Å². The maximum absolute atomic E-state index is 10.7. The summed E-state index contributed by atoms with van der Waals surface area (Å²) in [7, 11) is 0. The smallest absolute Gasteiger partial charge is 0.207 e. The van der Waals surface area contributed by atoms with Crippen molar-refractivity contribution in [2.75, 3.05) is 6.54 Å². The van der Waals surface area contributed by atoms with Crippen LogP contribution in [-0.2, 0) is 4.79 Å². The minimum atomic E-state index is 0.443. The number of nitrogens with zero attached hydrogens (tertiary/aromatic N) is 2. The van der Waals surface area contributed by atoms with Crippen molar-refractivity contribution >= 4 is 23.8 Å². The zero-order chi connectivity index (χ0) is 20.6. The quantitative estimate of drug-likeness (QED) is 0.323. The average Bonchev–Trinajstić information content (AvgIpc) is 3.18. The molecule has 1 fully saturated rings. The van der Waals surface area contributed by atoms with E-state index in [1.165, 1.54) is 19.3 Å². The molecule has 1 amide bonds. The molecule has 2 aromatic rings. The van der Waals surface area contributed by atoms with Crippen molar-refractivity contribution in [3.63, 3.8) is 0 Å². The summed E-state index contributed by atoms with van der Waals surface area (Å²) < 4.78 is 1.94. The summed E-state index contributed by atoms with van der Waals surface area (Å²) in [5.41, 5.74) is 4.91. The number of rotatable bonds is 10. The van der Waals surface area contributed by atoms with E-state index >= 15 is 0 Å². The Bertz CT molecular complexity index is 905. The largest absolute Gasteiger partial charge is 0.385 e. The van der Waals surface area contributed by atoms with Gasteiger partial charge in [-0.2, -0.15) is 0 Å². The molecular formula is C23H31N5O. The maximum atomic E-state index is 10.7. The van der Waals surface area contributed by atoms with Gasteiger partial charge in [0.15, 0.2) is 0 Å². The number of carbonyl (C=O) groups excluding carboxylic acids is 1. The van der Waals surface area contributed by atoms with Gasteiger partial charge in [0.2, 0.25) is 6.41 Å². The number of imidazole rings is 1. The second-order valence-corrected chi connectivity index (χ2v) is 7.51. The summed E-state index contributed by atoms with van der Waals surface area (Å²) in [6.45, 7) is 6.45. The van der Waals surface area contributed by atoms with Crippen LogP contribution < -0.4 is 10.6 Å². The molecular weight excluding hydrogens is 362 g/mol. The lowest BCUT2D eigenvalue weighted by Crippen LogP contribution is -2.33. The Hall–Kier alpha value is -2.89. The molecule has 3 N–H and O–H groups in total. The zero-order valence-electron chi connectivity index (χ0n) is 17.2. The summed E-state index contributed by atoms with van der Waals surface area (Å²) in [6.07, 6.45) is 13.9. The number of hydrogen-bond acceptors (Lipinski definition) is 4. The molecule has 29 heavy (non-hydrogen) atoms. The Balaban J connectivity index is 1.97. The molecule has 6 heteroatoms. The third-order valence-corrected chi connectivity index (χ3v) is 5.59. The standard InChI is InChI=1S/C23H31N5O/c1-3-17-15-28-14-8-11-20(23(28)27-17)22(24)19(4-2)21(12-13-25-16-29)26-18-9-6-5-7-10-18/h3,8,11,14-16,18,24,26H,1,4-7,9-10,12-13H2,2H3,(H,25,29)/b21-19-,24-22?. The lowest BCUT2D eigenvalue weighted by molar-refractivity contribution is -0.109. The van der Waals surface area contributed by atoms with Crippen molar-refractivity contribution in [2.45, 2.75) is 57.9 Å². The molecule has 0 bridgehead atoms. The molecule has 0 atom stereocenters. The molecule has 1 saturated carbocycles. The third-order valence-electron chi connectivity index (χ3n) is 5.59. The second-order valence-electron chi connectivity index (χ2n) is 7.51. The van der Waals surface area contributed by atoms with Crippen LogP contribution >= 0.6 is 0 Å². The van der Waals surface area contributed by atoms with Gasteiger partial charge in [-0.3, -0.25) is 10.2 Å². The molecule has 0 unspecified atom stereocenters. The summed E-state index contributed by atoms with van der Waals surface area (Å²) in [5, 5.41) is 15.5. The van der Waals surface area contributed by atoms with Crippen LogP contribution in [0.4, 0.5) is 0 Å². The first-order valence-corrected chi connectivity index (χ1v) is 10.5. The molecule has 1 aliphatic carbocycles. The van der Waals surface area contributed by atoms with E-state index in [1.54, 1.807) is 6.08 Å². The van der Waals surface area contributed by atoms with Crippen molar-refractivity contribution in [3.05, 3.63) is 53.6 Å². The van der Waals surface area contributed by atoms with Crippen LogP contribution in [0.3, 0.4) is 0 Å². The number of amides is 1. The van der Waals surface area contributed by atoms with E-state index in [9.17, 15) is 4.79 Å². The lowest BCUT2D eigenvalue weighted by atomic mass is 9.93. The molecule has 0 radical (unpaired) electrons. The molecule has 0 aromatic carbocycles. The van der Waals surface area contributed by atoms with Gasteiger partial charge in [0.25, 0.3) is 0 Å². The Labute approximate surface area is 172 Å². The molecule has 3 rings (SSSR count). The fraction of sp³-hybridized carbons (Fsp3) is 0.435. The van der Waals surface area contributed by atoms with Crippen molar-refractivity contribution in [1.82, 2.24) is 20.0 Å². The van der Waals surface area contributed by atoms with Gasteiger partial charge in [-0.15, -0.1) is 0 Å². The van der Waals surface area contributed by atoms with Crippen LogP contribution in [0.25, 0.3) is 11.7 Å². The number of allylic oxidation sites excluding steroid dienone is 1. The number of carbonyl (C=O) groups is 1. The third kappa shape index (κ3) is 4.94. The van der Waals surface area contributed by atoms with Gasteiger partial charge in [-0.1, -0.05) is 32.8 Å². The van der Waals surface area contributed by atoms with Crippen molar-refractivity contribution in [2.24, 2.45) is 0 Å². The number of pyridine rings is 1. The predicted molar refractivity (Wildman–Crippen MR) is 118 cm³/mol. The second kappa shape index (κ2) is 10.0. The van der Waals surface area contributed by atoms with Crippen LogP contribution in [0.1, 0.15) is 63.1 Å². The Morgan fingerprint density at radius 2 is 2.17 bits per heavy atom. The average molecular weight is 394 g/mol. The SMILES string of the molecule is C=Cc1cn2cccc(C(=N)/C(CC)=C(/CCNC=O)NC3CCCCC3)c2n1. The molecule has 0 spiro atoms.